The predicted octanol–water partition coefficient (Wildman–Crippen LogP) is 15.2. The van der Waals surface area contributed by atoms with Gasteiger partial charge in [0.2, 0.25) is 0 Å². The molecule has 9 rings (SSSR count). The maximum Gasteiger partial charge on any atom is 0.137 e. The van der Waals surface area contributed by atoms with E-state index >= 15 is 0 Å². The molecule has 0 aliphatic carbocycles. The molecule has 8 aromatic rings. The van der Waals surface area contributed by atoms with Crippen molar-refractivity contribution >= 4 is 57.8 Å². The Morgan fingerprint density at radius 1 is 0.585 bits per heavy atom. The first-order valence-electron chi connectivity index (χ1n) is 22.9. The van der Waals surface area contributed by atoms with Crippen molar-refractivity contribution in [2.75, 3.05) is 16.5 Å². The molecule has 0 unspecified atom stereocenters. The van der Waals surface area contributed by atoms with Crippen LogP contribution in [-0.4, -0.2) is 24.3 Å². The molecule has 65 heavy (non-hydrogen) atoms. The number of ether oxygens (including phenoxy) is 1. The van der Waals surface area contributed by atoms with Crippen molar-refractivity contribution in [2.24, 2.45) is 0 Å². The quantitative estimate of drug-likeness (QED) is 0.149. The molecule has 0 bridgehead atoms. The number of benzene rings is 6. The smallest absolute Gasteiger partial charge is 0.137 e. The second kappa shape index (κ2) is 15.8. The van der Waals surface area contributed by atoms with Crippen LogP contribution in [0.4, 0.5) is 22.7 Å². The molecule has 0 spiro atoms. The maximum absolute atomic E-state index is 9.84. The molecule has 0 fully saturated rings. The third-order valence-electron chi connectivity index (χ3n) is 12.9. The SMILES string of the molecule is CC(C)(C)c1cc(N2CN(c3cccc(Oc4ccc5c6cc(C#N)ccc6n(-c6cc(C(C)(C)C)ccn6)c5c4)c3)c3cccc(-c4cccc([Si](C)(C)C)c4)c32)cc(C(C)(C)C)c1. The molecule has 2 aromatic heterocycles. The Morgan fingerprint density at radius 3 is 1.97 bits per heavy atom. The summed E-state index contributed by atoms with van der Waals surface area (Å²) in [4.78, 5) is 9.83. The summed E-state index contributed by atoms with van der Waals surface area (Å²) in [6.07, 6.45) is 1.89. The van der Waals surface area contributed by atoms with E-state index in [-0.39, 0.29) is 16.2 Å². The Balaban J connectivity index is 1.15. The van der Waals surface area contributed by atoms with Gasteiger partial charge in [0, 0.05) is 46.0 Å². The lowest BCUT2D eigenvalue weighted by atomic mass is 9.80. The minimum absolute atomic E-state index is 0.0287. The molecule has 0 N–H and O–H groups in total. The summed E-state index contributed by atoms with van der Waals surface area (Å²) in [5.41, 5.74) is 13.4. The number of aromatic nitrogens is 2. The van der Waals surface area contributed by atoms with Crippen LogP contribution >= 0.6 is 0 Å². The monoisotopic (exact) mass is 871 g/mol. The predicted molar refractivity (Wildman–Crippen MR) is 276 cm³/mol. The molecule has 0 saturated carbocycles. The lowest BCUT2D eigenvalue weighted by Crippen LogP contribution is -2.37. The highest BCUT2D eigenvalue weighted by molar-refractivity contribution is 6.88. The number of anilines is 4. The number of rotatable bonds is 7. The van der Waals surface area contributed by atoms with E-state index in [2.05, 4.69) is 206 Å². The molecule has 7 heteroatoms. The van der Waals surface area contributed by atoms with Gasteiger partial charge in [0.05, 0.1) is 42.1 Å². The van der Waals surface area contributed by atoms with E-state index in [4.69, 9.17) is 9.72 Å². The van der Waals surface area contributed by atoms with Crippen LogP contribution in [0.5, 0.6) is 11.5 Å². The normalized spacial score (nSPS) is 13.4. The van der Waals surface area contributed by atoms with Crippen LogP contribution in [-0.2, 0) is 16.2 Å². The van der Waals surface area contributed by atoms with Crippen molar-refractivity contribution in [2.45, 2.75) is 98.2 Å². The van der Waals surface area contributed by atoms with Gasteiger partial charge in [-0.15, -0.1) is 0 Å². The number of pyridine rings is 1. The summed E-state index contributed by atoms with van der Waals surface area (Å²) >= 11 is 0. The molecule has 0 saturated heterocycles. The zero-order chi connectivity index (χ0) is 46.2. The number of hydrogen-bond donors (Lipinski definition) is 0. The third kappa shape index (κ3) is 8.33. The topological polar surface area (TPSA) is 57.3 Å². The summed E-state index contributed by atoms with van der Waals surface area (Å²) in [6.45, 7) is 28.4. The Hall–Kier alpha value is -6.62. The number of para-hydroxylation sites is 1. The number of hydrogen-bond acceptors (Lipinski definition) is 5. The maximum atomic E-state index is 9.84. The van der Waals surface area contributed by atoms with Crippen molar-refractivity contribution < 1.29 is 4.74 Å². The van der Waals surface area contributed by atoms with E-state index in [1.54, 1.807) is 0 Å². The van der Waals surface area contributed by atoms with Gasteiger partial charge in [-0.2, -0.15) is 5.26 Å². The van der Waals surface area contributed by atoms with E-state index in [1.165, 1.54) is 44.4 Å². The third-order valence-corrected chi connectivity index (χ3v) is 15.0. The van der Waals surface area contributed by atoms with Gasteiger partial charge in [0.15, 0.2) is 0 Å². The highest BCUT2D eigenvalue weighted by Crippen LogP contribution is 2.51. The standard InChI is InChI=1S/C58H61N5OSi/c1-56(2,3)40-26-27-60-54(33-40)63-51-25-22-38(36-59)28-50(51)49-24-23-46(35-53(49)63)64-45-18-14-17-43(34-45)61-37-62(44-31-41(57(4,5)6)30-42(32-44)58(7,8)9)55-48(20-15-21-52(55)61)39-16-13-19-47(29-39)65(10,11)12/h13-35H,37H2,1-12H3. The zero-order valence-corrected chi connectivity index (χ0v) is 41.1. The number of fused-ring (bicyclic) bond motifs is 4. The first-order chi connectivity index (χ1) is 30.7. The first kappa shape index (κ1) is 43.6. The second-order valence-corrected chi connectivity index (χ2v) is 27.0. The number of nitriles is 1. The molecular formula is C58H61N5OSi. The van der Waals surface area contributed by atoms with Gasteiger partial charge in [0.25, 0.3) is 0 Å². The van der Waals surface area contributed by atoms with Crippen molar-refractivity contribution in [3.05, 3.63) is 162 Å². The zero-order valence-electron chi connectivity index (χ0n) is 40.1. The van der Waals surface area contributed by atoms with Crippen LogP contribution in [0, 0.1) is 11.3 Å². The van der Waals surface area contributed by atoms with Crippen LogP contribution in [0.25, 0.3) is 38.8 Å². The summed E-state index contributed by atoms with van der Waals surface area (Å²) in [5.74, 6) is 2.29. The molecule has 0 amide bonds. The van der Waals surface area contributed by atoms with Gasteiger partial charge in [-0.1, -0.05) is 136 Å². The average Bonchev–Trinajstić information content (AvgIpc) is 3.81. The molecule has 0 atom stereocenters. The van der Waals surface area contributed by atoms with E-state index in [0.29, 0.717) is 18.0 Å². The van der Waals surface area contributed by atoms with E-state index in [1.807, 2.05) is 36.5 Å². The fraction of sp³-hybridized carbons (Fsp3) is 0.276. The Kier molecular flexibility index (Phi) is 10.6. The van der Waals surface area contributed by atoms with Gasteiger partial charge >= 0.3 is 0 Å². The van der Waals surface area contributed by atoms with Gasteiger partial charge in [-0.05, 0) is 111 Å². The van der Waals surface area contributed by atoms with Gasteiger partial charge in [0.1, 0.15) is 24.0 Å². The fourth-order valence-corrected chi connectivity index (χ4v) is 10.2. The van der Waals surface area contributed by atoms with Crippen molar-refractivity contribution in [1.29, 1.82) is 5.26 Å². The average molecular weight is 872 g/mol. The van der Waals surface area contributed by atoms with Crippen LogP contribution in [0.3, 0.4) is 0 Å². The van der Waals surface area contributed by atoms with Crippen LogP contribution < -0.4 is 19.7 Å². The van der Waals surface area contributed by atoms with Crippen LogP contribution in [0.1, 0.15) is 84.6 Å². The van der Waals surface area contributed by atoms with Crippen LogP contribution in [0.2, 0.25) is 19.6 Å². The lowest BCUT2D eigenvalue weighted by Gasteiger charge is -2.30. The molecule has 1 aliphatic rings. The Labute approximate surface area is 386 Å². The fourth-order valence-electron chi connectivity index (χ4n) is 9.01. The summed E-state index contributed by atoms with van der Waals surface area (Å²) in [6, 6.07) is 50.4. The highest BCUT2D eigenvalue weighted by Gasteiger charge is 2.33. The van der Waals surface area contributed by atoms with E-state index in [9.17, 15) is 5.26 Å². The lowest BCUT2D eigenvalue weighted by molar-refractivity contribution is 0.483. The largest absolute Gasteiger partial charge is 0.457 e. The van der Waals surface area contributed by atoms with Crippen molar-refractivity contribution in [3.8, 4) is 34.5 Å². The summed E-state index contributed by atoms with van der Waals surface area (Å²) in [5, 5.41) is 13.3. The van der Waals surface area contributed by atoms with E-state index < -0.39 is 8.07 Å². The van der Waals surface area contributed by atoms with Gasteiger partial charge < -0.3 is 14.5 Å². The second-order valence-electron chi connectivity index (χ2n) is 21.9. The first-order valence-corrected chi connectivity index (χ1v) is 26.4. The molecule has 328 valence electrons. The van der Waals surface area contributed by atoms with Crippen molar-refractivity contribution in [3.63, 3.8) is 0 Å². The minimum atomic E-state index is -1.58. The van der Waals surface area contributed by atoms with Crippen molar-refractivity contribution in [1.82, 2.24) is 9.55 Å². The number of nitrogens with zero attached hydrogens (tertiary/aromatic N) is 5. The molecule has 1 aliphatic heterocycles. The van der Waals surface area contributed by atoms with E-state index in [0.717, 1.165) is 44.7 Å². The molecular weight excluding hydrogens is 811 g/mol. The van der Waals surface area contributed by atoms with Gasteiger partial charge in [-0.25, -0.2) is 4.98 Å². The molecule has 0 radical (unpaired) electrons. The molecule has 6 aromatic carbocycles. The summed E-state index contributed by atoms with van der Waals surface area (Å²) < 4.78 is 9.01. The Bertz CT molecular complexity index is 3150. The van der Waals surface area contributed by atoms with Gasteiger partial charge in [-0.3, -0.25) is 4.57 Å². The Morgan fingerprint density at radius 2 is 1.28 bits per heavy atom. The minimum Gasteiger partial charge on any atom is -0.457 e. The highest BCUT2D eigenvalue weighted by atomic mass is 28.3. The molecule has 3 heterocycles. The van der Waals surface area contributed by atoms with Crippen LogP contribution in [0.15, 0.2) is 140 Å². The molecule has 6 nitrogen and oxygen atoms in total. The summed E-state index contributed by atoms with van der Waals surface area (Å²) in [7, 11) is -1.58.